The van der Waals surface area contributed by atoms with E-state index in [0.29, 0.717) is 10.7 Å². The Morgan fingerprint density at radius 2 is 1.79 bits per heavy atom. The van der Waals surface area contributed by atoms with Gasteiger partial charge in [-0.25, -0.2) is 8.42 Å². The summed E-state index contributed by atoms with van der Waals surface area (Å²) in [7, 11) is -3.86. The molecule has 1 atom stereocenters. The van der Waals surface area contributed by atoms with Crippen molar-refractivity contribution in [3.8, 4) is 5.75 Å². The Balaban J connectivity index is 1.37. The molecule has 0 heterocycles. The fourth-order valence-corrected chi connectivity index (χ4v) is 5.29. The highest BCUT2D eigenvalue weighted by Crippen LogP contribution is 2.30. The first kappa shape index (κ1) is 23.4. The molecular formula is C24H22Cl2N2O4S. The van der Waals surface area contributed by atoms with E-state index in [1.165, 1.54) is 23.8 Å². The number of rotatable bonds is 7. The molecule has 0 fully saturated rings. The summed E-state index contributed by atoms with van der Waals surface area (Å²) in [6, 6.07) is 18.4. The molecule has 0 radical (unpaired) electrons. The van der Waals surface area contributed by atoms with E-state index in [4.69, 9.17) is 27.9 Å². The first-order valence-corrected chi connectivity index (χ1v) is 12.6. The van der Waals surface area contributed by atoms with Crippen LogP contribution in [0.15, 0.2) is 71.6 Å². The van der Waals surface area contributed by atoms with Crippen molar-refractivity contribution >= 4 is 44.8 Å². The van der Waals surface area contributed by atoms with E-state index in [1.54, 1.807) is 24.3 Å². The molecule has 0 aromatic heterocycles. The lowest BCUT2D eigenvalue weighted by Gasteiger charge is -2.26. The van der Waals surface area contributed by atoms with E-state index in [-0.39, 0.29) is 34.2 Å². The van der Waals surface area contributed by atoms with Gasteiger partial charge in [0.05, 0.1) is 16.0 Å². The number of fused-ring (bicyclic) bond motifs is 1. The molecule has 0 saturated carbocycles. The van der Waals surface area contributed by atoms with Crippen LogP contribution in [-0.2, 0) is 21.2 Å². The number of carbonyl (C=O) groups is 1. The first-order valence-electron chi connectivity index (χ1n) is 10.4. The minimum Gasteiger partial charge on any atom is -0.482 e. The Morgan fingerprint density at radius 1 is 1.03 bits per heavy atom. The van der Waals surface area contributed by atoms with Gasteiger partial charge < -0.3 is 10.1 Å². The molecule has 1 aliphatic carbocycles. The van der Waals surface area contributed by atoms with Crippen molar-refractivity contribution < 1.29 is 17.9 Å². The van der Waals surface area contributed by atoms with Gasteiger partial charge in [0.1, 0.15) is 5.75 Å². The number of carbonyl (C=O) groups excluding carboxylic acids is 1. The third-order valence-electron chi connectivity index (χ3n) is 5.37. The molecule has 2 N–H and O–H groups in total. The molecule has 9 heteroatoms. The molecule has 4 rings (SSSR count). The summed E-state index contributed by atoms with van der Waals surface area (Å²) >= 11 is 12.1. The van der Waals surface area contributed by atoms with Crippen LogP contribution < -0.4 is 14.8 Å². The average molecular weight is 505 g/mol. The summed E-state index contributed by atoms with van der Waals surface area (Å²) in [5, 5.41) is 3.60. The van der Waals surface area contributed by atoms with Crippen molar-refractivity contribution in [2.75, 3.05) is 11.3 Å². The summed E-state index contributed by atoms with van der Waals surface area (Å²) in [5.41, 5.74) is 2.76. The third kappa shape index (κ3) is 5.79. The molecule has 3 aromatic rings. The molecule has 6 nitrogen and oxygen atoms in total. The highest BCUT2D eigenvalue weighted by atomic mass is 35.5. The number of hydrogen-bond acceptors (Lipinski definition) is 4. The van der Waals surface area contributed by atoms with Crippen LogP contribution in [0.3, 0.4) is 0 Å². The van der Waals surface area contributed by atoms with E-state index in [1.807, 2.05) is 18.2 Å². The average Bonchev–Trinajstić information content (AvgIpc) is 2.80. The fourth-order valence-electron chi connectivity index (χ4n) is 3.78. The SMILES string of the molecule is O=C(COc1ccc(S(=O)(=O)Nc2ccc(Cl)cc2)cc1Cl)NC1CCCc2ccccc21. The van der Waals surface area contributed by atoms with Gasteiger partial charge in [-0.3, -0.25) is 9.52 Å². The van der Waals surface area contributed by atoms with Crippen LogP contribution in [0.2, 0.25) is 10.0 Å². The van der Waals surface area contributed by atoms with Gasteiger partial charge in [0, 0.05) is 10.7 Å². The van der Waals surface area contributed by atoms with Crippen LogP contribution in [0.4, 0.5) is 5.69 Å². The zero-order valence-corrected chi connectivity index (χ0v) is 19.9. The van der Waals surface area contributed by atoms with Crippen molar-refractivity contribution in [3.05, 3.63) is 87.9 Å². The lowest BCUT2D eigenvalue weighted by molar-refractivity contribution is -0.123. The van der Waals surface area contributed by atoms with Gasteiger partial charge in [-0.15, -0.1) is 0 Å². The van der Waals surface area contributed by atoms with Gasteiger partial charge in [0.15, 0.2) is 6.61 Å². The van der Waals surface area contributed by atoms with Crippen LogP contribution in [0.5, 0.6) is 5.75 Å². The van der Waals surface area contributed by atoms with Gasteiger partial charge in [0.2, 0.25) is 0 Å². The number of aryl methyl sites for hydroxylation is 1. The predicted molar refractivity (Wildman–Crippen MR) is 129 cm³/mol. The molecule has 1 amide bonds. The Kier molecular flexibility index (Phi) is 7.12. The number of ether oxygens (including phenoxy) is 1. The maximum atomic E-state index is 12.6. The standard InChI is InChI=1S/C24H22Cl2N2O4S/c25-17-8-10-18(11-9-17)28-33(30,31)19-12-13-23(21(26)14-19)32-15-24(29)27-22-7-3-5-16-4-1-2-6-20(16)22/h1-2,4,6,8-14,22,28H,3,5,7,15H2,(H,27,29). The first-order chi connectivity index (χ1) is 15.8. The van der Waals surface area contributed by atoms with Crippen LogP contribution in [0.25, 0.3) is 0 Å². The van der Waals surface area contributed by atoms with E-state index in [2.05, 4.69) is 16.1 Å². The largest absolute Gasteiger partial charge is 0.482 e. The molecule has 3 aromatic carbocycles. The van der Waals surface area contributed by atoms with Gasteiger partial charge in [-0.1, -0.05) is 47.5 Å². The van der Waals surface area contributed by atoms with E-state index in [9.17, 15) is 13.2 Å². The molecular weight excluding hydrogens is 483 g/mol. The number of amides is 1. The van der Waals surface area contributed by atoms with E-state index < -0.39 is 10.0 Å². The quantitative estimate of drug-likeness (QED) is 0.453. The molecule has 0 bridgehead atoms. The zero-order chi connectivity index (χ0) is 23.4. The number of hydrogen-bond donors (Lipinski definition) is 2. The van der Waals surface area contributed by atoms with Crippen LogP contribution >= 0.6 is 23.2 Å². The molecule has 0 aliphatic heterocycles. The van der Waals surface area contributed by atoms with Crippen molar-refractivity contribution in [1.29, 1.82) is 0 Å². The summed E-state index contributed by atoms with van der Waals surface area (Å²) < 4.78 is 33.3. The van der Waals surface area contributed by atoms with E-state index >= 15 is 0 Å². The number of anilines is 1. The molecule has 0 spiro atoms. The number of benzene rings is 3. The Morgan fingerprint density at radius 3 is 2.55 bits per heavy atom. The van der Waals surface area contributed by atoms with Gasteiger partial charge in [-0.2, -0.15) is 0 Å². The summed E-state index contributed by atoms with van der Waals surface area (Å²) in [5.74, 6) is -0.0461. The minimum atomic E-state index is -3.86. The normalized spacial score (nSPS) is 15.4. The highest BCUT2D eigenvalue weighted by Gasteiger charge is 2.22. The monoisotopic (exact) mass is 504 g/mol. The predicted octanol–water partition coefficient (Wildman–Crippen LogP) is 5.37. The Bertz CT molecular complexity index is 1260. The summed E-state index contributed by atoms with van der Waals surface area (Å²) in [6.45, 7) is -0.229. The molecule has 33 heavy (non-hydrogen) atoms. The third-order valence-corrected chi connectivity index (χ3v) is 7.30. The van der Waals surface area contributed by atoms with Crippen molar-refractivity contribution in [1.82, 2.24) is 5.32 Å². The number of halogens is 2. The fraction of sp³-hybridized carbons (Fsp3) is 0.208. The van der Waals surface area contributed by atoms with Crippen LogP contribution in [0, 0.1) is 0 Å². The Labute approximate surface area is 202 Å². The minimum absolute atomic E-state index is 0.0296. The van der Waals surface area contributed by atoms with Gasteiger partial charge in [-0.05, 0) is 72.9 Å². The van der Waals surface area contributed by atoms with Crippen LogP contribution in [0.1, 0.15) is 30.0 Å². The summed E-state index contributed by atoms with van der Waals surface area (Å²) in [4.78, 5) is 12.4. The van der Waals surface area contributed by atoms with Crippen LogP contribution in [-0.4, -0.2) is 20.9 Å². The molecule has 1 aliphatic rings. The maximum absolute atomic E-state index is 12.6. The molecule has 172 valence electrons. The second-order valence-corrected chi connectivity index (χ2v) is 10.2. The van der Waals surface area contributed by atoms with E-state index in [0.717, 1.165) is 24.8 Å². The second kappa shape index (κ2) is 10.0. The highest BCUT2D eigenvalue weighted by molar-refractivity contribution is 7.92. The Hall–Kier alpha value is -2.74. The van der Waals surface area contributed by atoms with Gasteiger partial charge in [0.25, 0.3) is 15.9 Å². The van der Waals surface area contributed by atoms with Crippen molar-refractivity contribution in [3.63, 3.8) is 0 Å². The molecule has 0 saturated heterocycles. The lowest BCUT2D eigenvalue weighted by atomic mass is 9.88. The van der Waals surface area contributed by atoms with Gasteiger partial charge >= 0.3 is 0 Å². The topological polar surface area (TPSA) is 84.5 Å². The number of sulfonamides is 1. The molecule has 1 unspecified atom stereocenters. The second-order valence-electron chi connectivity index (χ2n) is 7.70. The van der Waals surface area contributed by atoms with Crippen molar-refractivity contribution in [2.45, 2.75) is 30.2 Å². The van der Waals surface area contributed by atoms with Crippen molar-refractivity contribution in [2.24, 2.45) is 0 Å². The lowest BCUT2D eigenvalue weighted by Crippen LogP contribution is -2.34. The zero-order valence-electron chi connectivity index (χ0n) is 17.6. The smallest absolute Gasteiger partial charge is 0.261 e. The summed E-state index contributed by atoms with van der Waals surface area (Å²) in [6.07, 6.45) is 2.89. The maximum Gasteiger partial charge on any atom is 0.261 e. The number of nitrogens with one attached hydrogen (secondary N) is 2.